The molecule has 7 heteroatoms. The van der Waals surface area contributed by atoms with Gasteiger partial charge < -0.3 is 4.74 Å². The van der Waals surface area contributed by atoms with Crippen molar-refractivity contribution in [2.45, 2.75) is 18.7 Å². The van der Waals surface area contributed by atoms with Crippen molar-refractivity contribution in [3.8, 4) is 0 Å². The monoisotopic (exact) mass is 335 g/mol. The van der Waals surface area contributed by atoms with Gasteiger partial charge in [0.15, 0.2) is 0 Å². The van der Waals surface area contributed by atoms with Crippen molar-refractivity contribution in [2.24, 2.45) is 0 Å². The van der Waals surface area contributed by atoms with Gasteiger partial charge >= 0.3 is 5.97 Å². The number of hydrogen-bond acceptors (Lipinski definition) is 4. The van der Waals surface area contributed by atoms with E-state index < -0.39 is 10.9 Å². The van der Waals surface area contributed by atoms with Crippen LogP contribution in [-0.2, 0) is 21.3 Å². The second kappa shape index (κ2) is 6.70. The first-order valence-electron chi connectivity index (χ1n) is 5.16. The Hall–Kier alpha value is -1.14. The van der Waals surface area contributed by atoms with Gasteiger partial charge in [-0.1, -0.05) is 27.5 Å². The third-order valence-electron chi connectivity index (χ3n) is 2.18. The van der Waals surface area contributed by atoms with E-state index in [1.807, 2.05) is 0 Å². The van der Waals surface area contributed by atoms with Crippen LogP contribution in [0, 0.1) is 10.1 Å². The average molecular weight is 337 g/mol. The van der Waals surface area contributed by atoms with Crippen LogP contribution >= 0.6 is 27.5 Å². The van der Waals surface area contributed by atoms with Gasteiger partial charge in [0.25, 0.3) is 5.69 Å². The molecule has 0 fully saturated rings. The van der Waals surface area contributed by atoms with Gasteiger partial charge in [0, 0.05) is 10.9 Å². The van der Waals surface area contributed by atoms with Gasteiger partial charge in [-0.2, -0.15) is 0 Å². The molecule has 0 aromatic heterocycles. The molecular formula is C11H11BrClNO4. The number of alkyl halides is 1. The van der Waals surface area contributed by atoms with Crippen LogP contribution in [0.5, 0.6) is 0 Å². The lowest BCUT2D eigenvalue weighted by Crippen LogP contribution is -2.09. The highest BCUT2D eigenvalue weighted by Crippen LogP contribution is 2.31. The van der Waals surface area contributed by atoms with E-state index in [1.165, 1.54) is 6.07 Å². The molecule has 0 heterocycles. The van der Waals surface area contributed by atoms with Crippen LogP contribution in [-0.4, -0.2) is 17.5 Å². The van der Waals surface area contributed by atoms with E-state index in [0.29, 0.717) is 5.33 Å². The Balaban J connectivity index is 3.17. The van der Waals surface area contributed by atoms with Crippen molar-refractivity contribution in [1.29, 1.82) is 0 Å². The second-order valence-corrected chi connectivity index (χ2v) is 4.43. The fraction of sp³-hybridized carbons (Fsp3) is 0.364. The first-order chi connectivity index (χ1) is 8.49. The first kappa shape index (κ1) is 14.9. The smallest absolute Gasteiger partial charge is 0.310 e. The van der Waals surface area contributed by atoms with Crippen LogP contribution in [0.25, 0.3) is 0 Å². The van der Waals surface area contributed by atoms with Crippen LogP contribution in [0.4, 0.5) is 5.69 Å². The highest BCUT2D eigenvalue weighted by molar-refractivity contribution is 9.08. The SMILES string of the molecule is CCOC(=O)Cc1cc(CBr)cc(Cl)c1[N+](=O)[O-]. The summed E-state index contributed by atoms with van der Waals surface area (Å²) in [4.78, 5) is 21.7. The number of nitrogens with zero attached hydrogens (tertiary/aromatic N) is 1. The molecule has 0 aliphatic rings. The normalized spacial score (nSPS) is 10.2. The topological polar surface area (TPSA) is 69.4 Å². The maximum Gasteiger partial charge on any atom is 0.310 e. The molecule has 0 aliphatic carbocycles. The van der Waals surface area contributed by atoms with Gasteiger partial charge in [-0.3, -0.25) is 14.9 Å². The lowest BCUT2D eigenvalue weighted by Gasteiger charge is -2.06. The summed E-state index contributed by atoms with van der Waals surface area (Å²) in [5.41, 5.74) is 0.791. The maximum absolute atomic E-state index is 11.4. The van der Waals surface area contributed by atoms with E-state index in [2.05, 4.69) is 15.9 Å². The van der Waals surface area contributed by atoms with Crippen LogP contribution in [0.15, 0.2) is 12.1 Å². The lowest BCUT2D eigenvalue weighted by atomic mass is 10.1. The van der Waals surface area contributed by atoms with Crippen molar-refractivity contribution in [3.63, 3.8) is 0 Å². The summed E-state index contributed by atoms with van der Waals surface area (Å²) in [5, 5.41) is 11.5. The largest absolute Gasteiger partial charge is 0.466 e. The molecule has 1 aromatic rings. The predicted octanol–water partition coefficient (Wildman–Crippen LogP) is 3.25. The molecule has 0 N–H and O–H groups in total. The highest BCUT2D eigenvalue weighted by atomic mass is 79.9. The van der Waals surface area contributed by atoms with Crippen molar-refractivity contribution >= 4 is 39.2 Å². The molecule has 0 saturated carbocycles. The number of rotatable bonds is 5. The zero-order chi connectivity index (χ0) is 13.7. The molecule has 0 bridgehead atoms. The summed E-state index contributed by atoms with van der Waals surface area (Å²) in [7, 11) is 0. The molecular weight excluding hydrogens is 325 g/mol. The molecule has 0 amide bonds. The standard InChI is InChI=1S/C11H11BrClNO4/c1-2-18-10(15)5-8-3-7(6-12)4-9(13)11(8)14(16)17/h3-4H,2,5-6H2,1H3. The molecule has 0 aliphatic heterocycles. The number of carbonyl (C=O) groups is 1. The van der Waals surface area contributed by atoms with Gasteiger partial charge in [-0.25, -0.2) is 0 Å². The van der Waals surface area contributed by atoms with Gasteiger partial charge in [0.05, 0.1) is 18.0 Å². The Kier molecular flexibility index (Phi) is 5.55. The average Bonchev–Trinajstić information content (AvgIpc) is 2.27. The summed E-state index contributed by atoms with van der Waals surface area (Å²) in [6.07, 6.45) is -0.162. The van der Waals surface area contributed by atoms with Crippen molar-refractivity contribution < 1.29 is 14.5 Å². The van der Waals surface area contributed by atoms with Crippen molar-refractivity contribution in [2.75, 3.05) is 6.61 Å². The summed E-state index contributed by atoms with van der Waals surface area (Å²) < 4.78 is 4.78. The quantitative estimate of drug-likeness (QED) is 0.358. The minimum absolute atomic E-state index is 0.0243. The molecule has 98 valence electrons. The second-order valence-electron chi connectivity index (χ2n) is 3.46. The number of carbonyl (C=O) groups excluding carboxylic acids is 1. The Morgan fingerprint density at radius 1 is 1.56 bits per heavy atom. The summed E-state index contributed by atoms with van der Waals surface area (Å²) in [5.74, 6) is -0.511. The molecule has 0 atom stereocenters. The molecule has 0 radical (unpaired) electrons. The van der Waals surface area contributed by atoms with Crippen molar-refractivity contribution in [1.82, 2.24) is 0 Å². The Morgan fingerprint density at radius 2 is 2.22 bits per heavy atom. The van der Waals surface area contributed by atoms with Gasteiger partial charge in [0.1, 0.15) is 5.02 Å². The van der Waals surface area contributed by atoms with Gasteiger partial charge in [-0.15, -0.1) is 0 Å². The summed E-state index contributed by atoms with van der Waals surface area (Å²) in [6, 6.07) is 3.08. The van der Waals surface area contributed by atoms with Crippen LogP contribution in [0.1, 0.15) is 18.1 Å². The van der Waals surface area contributed by atoms with E-state index >= 15 is 0 Å². The van der Waals surface area contributed by atoms with Crippen molar-refractivity contribution in [3.05, 3.63) is 38.4 Å². The number of ether oxygens (including phenoxy) is 1. The molecule has 0 saturated heterocycles. The lowest BCUT2D eigenvalue weighted by molar-refractivity contribution is -0.385. The van der Waals surface area contributed by atoms with Crippen LogP contribution < -0.4 is 0 Å². The van der Waals surface area contributed by atoms with Crippen LogP contribution in [0.3, 0.4) is 0 Å². The fourth-order valence-corrected chi connectivity index (χ4v) is 2.16. The molecule has 18 heavy (non-hydrogen) atoms. The van der Waals surface area contributed by atoms with E-state index in [9.17, 15) is 14.9 Å². The molecule has 1 rings (SSSR count). The number of nitro benzene ring substituents is 1. The third-order valence-corrected chi connectivity index (χ3v) is 3.11. The number of halogens is 2. The number of esters is 1. The summed E-state index contributed by atoms with van der Waals surface area (Å²) >= 11 is 9.09. The predicted molar refractivity (Wildman–Crippen MR) is 71.1 cm³/mol. The van der Waals surface area contributed by atoms with E-state index in [1.54, 1.807) is 13.0 Å². The van der Waals surface area contributed by atoms with Crippen LogP contribution in [0.2, 0.25) is 5.02 Å². The highest BCUT2D eigenvalue weighted by Gasteiger charge is 2.22. The zero-order valence-corrected chi connectivity index (χ0v) is 12.0. The maximum atomic E-state index is 11.4. The zero-order valence-electron chi connectivity index (χ0n) is 9.61. The molecule has 1 aromatic carbocycles. The Bertz CT molecular complexity index is 478. The Labute approximate surface area is 117 Å². The summed E-state index contributed by atoms with van der Waals surface area (Å²) in [6.45, 7) is 1.91. The number of hydrogen-bond donors (Lipinski definition) is 0. The van der Waals surface area contributed by atoms with Gasteiger partial charge in [0.2, 0.25) is 0 Å². The number of nitro groups is 1. The Morgan fingerprint density at radius 3 is 2.72 bits per heavy atom. The minimum atomic E-state index is -0.588. The molecule has 0 spiro atoms. The van der Waals surface area contributed by atoms with E-state index in [-0.39, 0.29) is 29.3 Å². The van der Waals surface area contributed by atoms with E-state index in [0.717, 1.165) is 5.56 Å². The minimum Gasteiger partial charge on any atom is -0.466 e. The van der Waals surface area contributed by atoms with Gasteiger partial charge in [-0.05, 0) is 24.6 Å². The molecule has 0 unspecified atom stereocenters. The fourth-order valence-electron chi connectivity index (χ4n) is 1.50. The van der Waals surface area contributed by atoms with E-state index in [4.69, 9.17) is 16.3 Å². The third kappa shape index (κ3) is 3.68. The molecule has 5 nitrogen and oxygen atoms in total. The first-order valence-corrected chi connectivity index (χ1v) is 6.66. The number of benzene rings is 1.